The standard InChI is InChI=1S/C17H25ClN4O5P/c1-5-9(2)28(25)27-17(3,4)6-10-12(23)13(24)16(26-10)22-8-21-11-14(18)19-7-20-15(11)22/h7-10,12-13,16,23-24H,5-6H2,1-4H3/q+1/t9?,10-,12?,13-,16?/m1/s1. The van der Waals surface area contributed by atoms with Crippen molar-refractivity contribution in [2.75, 3.05) is 0 Å². The summed E-state index contributed by atoms with van der Waals surface area (Å²) in [6, 6.07) is 0. The molecule has 4 unspecified atom stereocenters. The highest BCUT2D eigenvalue weighted by molar-refractivity contribution is 7.40. The van der Waals surface area contributed by atoms with E-state index in [1.165, 1.54) is 17.2 Å². The van der Waals surface area contributed by atoms with Crippen LogP contribution in [0.2, 0.25) is 5.15 Å². The van der Waals surface area contributed by atoms with Crippen LogP contribution in [0.1, 0.15) is 46.8 Å². The zero-order valence-corrected chi connectivity index (χ0v) is 17.8. The summed E-state index contributed by atoms with van der Waals surface area (Å²) in [4.78, 5) is 12.2. The van der Waals surface area contributed by atoms with Crippen molar-refractivity contribution in [3.63, 3.8) is 0 Å². The van der Waals surface area contributed by atoms with Crippen molar-refractivity contribution in [2.45, 2.75) is 76.3 Å². The first-order chi connectivity index (χ1) is 13.1. The van der Waals surface area contributed by atoms with Gasteiger partial charge in [0, 0.05) is 6.42 Å². The van der Waals surface area contributed by atoms with Crippen molar-refractivity contribution in [3.05, 3.63) is 17.8 Å². The SMILES string of the molecule is CCC(C)[P+](=O)OC(C)(C)C[C@H]1OC(n2cnc3c(Cl)ncnc32)[C@H](O)C1O. The molecule has 1 fully saturated rings. The zero-order valence-electron chi connectivity index (χ0n) is 16.2. The van der Waals surface area contributed by atoms with E-state index in [0.717, 1.165) is 6.42 Å². The maximum Gasteiger partial charge on any atom is 0.511 e. The van der Waals surface area contributed by atoms with Gasteiger partial charge in [-0.05, 0) is 31.8 Å². The molecule has 11 heteroatoms. The summed E-state index contributed by atoms with van der Waals surface area (Å²) in [6.45, 7) is 7.40. The van der Waals surface area contributed by atoms with Crippen LogP contribution in [0.3, 0.4) is 0 Å². The summed E-state index contributed by atoms with van der Waals surface area (Å²) in [5, 5.41) is 21.2. The number of aliphatic hydroxyl groups excluding tert-OH is 2. The second kappa shape index (κ2) is 8.26. The van der Waals surface area contributed by atoms with E-state index in [1.807, 2.05) is 13.8 Å². The molecule has 0 aromatic carbocycles. The smallest absolute Gasteiger partial charge is 0.388 e. The van der Waals surface area contributed by atoms with Crippen LogP contribution in [-0.2, 0) is 13.8 Å². The molecule has 0 radical (unpaired) electrons. The van der Waals surface area contributed by atoms with Gasteiger partial charge >= 0.3 is 8.03 Å². The largest absolute Gasteiger partial charge is 0.511 e. The van der Waals surface area contributed by atoms with Gasteiger partial charge in [-0.25, -0.2) is 15.0 Å². The molecule has 1 aliphatic rings. The molecule has 0 spiro atoms. The summed E-state index contributed by atoms with van der Waals surface area (Å²) in [7, 11) is -1.85. The molecular weight excluding hydrogens is 407 g/mol. The van der Waals surface area contributed by atoms with Gasteiger partial charge in [0.15, 0.2) is 22.7 Å². The molecule has 1 aliphatic heterocycles. The topological polar surface area (TPSA) is 120 Å². The Kier molecular flexibility index (Phi) is 6.34. The predicted molar refractivity (Wildman–Crippen MR) is 103 cm³/mol. The van der Waals surface area contributed by atoms with Gasteiger partial charge in [0.25, 0.3) is 0 Å². The van der Waals surface area contributed by atoms with E-state index in [2.05, 4.69) is 15.0 Å². The van der Waals surface area contributed by atoms with Crippen molar-refractivity contribution in [3.8, 4) is 0 Å². The van der Waals surface area contributed by atoms with Crippen molar-refractivity contribution in [1.29, 1.82) is 0 Å². The quantitative estimate of drug-likeness (QED) is 0.507. The Morgan fingerprint density at radius 1 is 1.36 bits per heavy atom. The van der Waals surface area contributed by atoms with Crippen LogP contribution < -0.4 is 0 Å². The van der Waals surface area contributed by atoms with Crippen LogP contribution in [0.15, 0.2) is 12.7 Å². The van der Waals surface area contributed by atoms with Crippen LogP contribution in [0.4, 0.5) is 0 Å². The van der Waals surface area contributed by atoms with Crippen LogP contribution in [0, 0.1) is 0 Å². The molecule has 2 N–H and O–H groups in total. The number of ether oxygens (including phenoxy) is 1. The van der Waals surface area contributed by atoms with E-state index in [9.17, 15) is 14.8 Å². The van der Waals surface area contributed by atoms with Crippen LogP contribution >= 0.6 is 19.6 Å². The van der Waals surface area contributed by atoms with Crippen molar-refractivity contribution < 1.29 is 24.0 Å². The monoisotopic (exact) mass is 431 g/mol. The summed E-state index contributed by atoms with van der Waals surface area (Å²) in [5.41, 5.74) is -0.0947. The molecule has 3 heterocycles. The molecular formula is C17H25ClN4O5P+. The fourth-order valence-corrected chi connectivity index (χ4v) is 4.36. The summed E-state index contributed by atoms with van der Waals surface area (Å²) in [5.74, 6) is 0. The van der Waals surface area contributed by atoms with Crippen molar-refractivity contribution in [1.82, 2.24) is 19.5 Å². The first-order valence-electron chi connectivity index (χ1n) is 9.14. The van der Waals surface area contributed by atoms with Gasteiger partial charge in [-0.2, -0.15) is 0 Å². The number of nitrogens with zero attached hydrogens (tertiary/aromatic N) is 4. The number of hydrogen-bond acceptors (Lipinski definition) is 8. The van der Waals surface area contributed by atoms with Crippen LogP contribution in [-0.4, -0.2) is 59.3 Å². The lowest BCUT2D eigenvalue weighted by atomic mass is 9.97. The molecule has 1 saturated heterocycles. The number of aromatic nitrogens is 4. The number of halogens is 1. The molecule has 6 atom stereocenters. The minimum absolute atomic E-state index is 0.0659. The average Bonchev–Trinajstić information content (AvgIpc) is 3.18. The van der Waals surface area contributed by atoms with Gasteiger partial charge in [0.05, 0.1) is 12.4 Å². The number of aliphatic hydroxyl groups is 2. The normalized spacial score (nSPS) is 27.3. The maximum atomic E-state index is 12.3. The van der Waals surface area contributed by atoms with Gasteiger partial charge in [0.2, 0.25) is 0 Å². The molecule has 0 amide bonds. The maximum absolute atomic E-state index is 12.3. The van der Waals surface area contributed by atoms with E-state index >= 15 is 0 Å². The fraction of sp³-hybridized carbons (Fsp3) is 0.706. The zero-order chi connectivity index (χ0) is 20.6. The van der Waals surface area contributed by atoms with Crippen LogP contribution in [0.5, 0.6) is 0 Å². The molecule has 2 aromatic rings. The Labute approximate surface area is 168 Å². The Bertz CT molecular complexity index is 863. The summed E-state index contributed by atoms with van der Waals surface area (Å²) in [6.07, 6.45) is -0.232. The molecule has 2 aromatic heterocycles. The van der Waals surface area contributed by atoms with Crippen molar-refractivity contribution >= 4 is 30.8 Å². The van der Waals surface area contributed by atoms with E-state index in [0.29, 0.717) is 11.2 Å². The van der Waals surface area contributed by atoms with Crippen LogP contribution in [0.25, 0.3) is 11.2 Å². The molecule has 3 rings (SSSR count). The van der Waals surface area contributed by atoms with E-state index in [1.54, 1.807) is 13.8 Å². The van der Waals surface area contributed by atoms with E-state index in [-0.39, 0.29) is 17.2 Å². The van der Waals surface area contributed by atoms with Gasteiger partial charge in [-0.1, -0.05) is 18.5 Å². The van der Waals surface area contributed by atoms with Gasteiger partial charge in [-0.15, -0.1) is 4.52 Å². The van der Waals surface area contributed by atoms with Gasteiger partial charge in [-0.3, -0.25) is 4.57 Å². The van der Waals surface area contributed by atoms with Gasteiger partial charge in [0.1, 0.15) is 29.7 Å². The second-order valence-corrected chi connectivity index (χ2v) is 9.63. The van der Waals surface area contributed by atoms with Crippen molar-refractivity contribution in [2.24, 2.45) is 0 Å². The summed E-state index contributed by atoms with van der Waals surface area (Å²) >= 11 is 6.02. The molecule has 28 heavy (non-hydrogen) atoms. The minimum atomic E-state index is -1.85. The molecule has 154 valence electrons. The third kappa shape index (κ3) is 4.20. The Balaban J connectivity index is 1.77. The molecule has 0 aliphatic carbocycles. The Morgan fingerprint density at radius 3 is 2.75 bits per heavy atom. The minimum Gasteiger partial charge on any atom is -0.388 e. The molecule has 0 saturated carbocycles. The third-order valence-electron chi connectivity index (χ3n) is 4.91. The first kappa shape index (κ1) is 21.5. The fourth-order valence-electron chi connectivity index (χ4n) is 3.14. The number of imidazole rings is 1. The average molecular weight is 432 g/mol. The highest BCUT2D eigenvalue weighted by Gasteiger charge is 2.48. The molecule has 9 nitrogen and oxygen atoms in total. The first-order valence-corrected chi connectivity index (χ1v) is 10.8. The summed E-state index contributed by atoms with van der Waals surface area (Å²) < 4.78 is 25.4. The lowest BCUT2D eigenvalue weighted by Gasteiger charge is -2.24. The van der Waals surface area contributed by atoms with E-state index in [4.69, 9.17) is 20.9 Å². The number of rotatable bonds is 7. The highest BCUT2D eigenvalue weighted by Crippen LogP contribution is 2.41. The Morgan fingerprint density at radius 2 is 2.07 bits per heavy atom. The Hall–Kier alpha value is -1.22. The van der Waals surface area contributed by atoms with Gasteiger partial charge < -0.3 is 14.9 Å². The predicted octanol–water partition coefficient (Wildman–Crippen LogP) is 2.83. The highest BCUT2D eigenvalue weighted by atomic mass is 35.5. The lowest BCUT2D eigenvalue weighted by molar-refractivity contribution is -0.0578. The van der Waals surface area contributed by atoms with E-state index < -0.39 is 38.2 Å². The second-order valence-electron chi connectivity index (χ2n) is 7.63. The number of hydrogen-bond donors (Lipinski definition) is 2. The third-order valence-corrected chi connectivity index (χ3v) is 6.94. The lowest BCUT2D eigenvalue weighted by Crippen LogP contribution is -2.36. The molecule has 0 bridgehead atoms. The number of fused-ring (bicyclic) bond motifs is 1.